The van der Waals surface area contributed by atoms with Crippen molar-refractivity contribution in [3.05, 3.63) is 35.2 Å². The summed E-state index contributed by atoms with van der Waals surface area (Å²) in [5, 5.41) is 7.88. The molecule has 2 unspecified atom stereocenters. The van der Waals surface area contributed by atoms with Crippen molar-refractivity contribution in [2.24, 2.45) is 11.8 Å². The lowest BCUT2D eigenvalue weighted by atomic mass is 10.0. The minimum absolute atomic E-state index is 0.765. The van der Waals surface area contributed by atoms with Gasteiger partial charge in [-0.25, -0.2) is 4.98 Å². The van der Waals surface area contributed by atoms with Crippen molar-refractivity contribution in [3.63, 3.8) is 0 Å². The van der Waals surface area contributed by atoms with Gasteiger partial charge >= 0.3 is 0 Å². The number of likely N-dealkylation sites (tertiary alicyclic amines) is 1. The molecular weight excluding hydrogens is 344 g/mol. The van der Waals surface area contributed by atoms with Crippen molar-refractivity contribution in [3.8, 4) is 0 Å². The highest BCUT2D eigenvalue weighted by molar-refractivity contribution is 9.10. The van der Waals surface area contributed by atoms with Crippen LogP contribution in [-0.4, -0.2) is 57.6 Å². The van der Waals surface area contributed by atoms with E-state index in [1.165, 1.54) is 13.1 Å². The number of hydrogen-bond donors (Lipinski definition) is 0. The van der Waals surface area contributed by atoms with E-state index in [9.17, 15) is 0 Å². The van der Waals surface area contributed by atoms with Gasteiger partial charge in [0.2, 0.25) is 0 Å². The van der Waals surface area contributed by atoms with Gasteiger partial charge in [0.1, 0.15) is 5.82 Å². The summed E-state index contributed by atoms with van der Waals surface area (Å²) in [6.45, 7) is 6.61. The van der Waals surface area contributed by atoms with E-state index in [1.54, 1.807) is 6.20 Å². The Kier molecular flexibility index (Phi) is 3.83. The SMILES string of the molecule is Brc1ccc(N2CC3CN(CCn4ccnn4)CC3C2)nc1. The summed E-state index contributed by atoms with van der Waals surface area (Å²) in [4.78, 5) is 9.51. The highest BCUT2D eigenvalue weighted by atomic mass is 79.9. The predicted octanol–water partition coefficient (Wildman–Crippen LogP) is 1.50. The highest BCUT2D eigenvalue weighted by Gasteiger charge is 2.40. The van der Waals surface area contributed by atoms with Gasteiger partial charge in [0.25, 0.3) is 0 Å². The van der Waals surface area contributed by atoms with E-state index in [0.717, 1.165) is 48.3 Å². The molecule has 2 aromatic heterocycles. The second kappa shape index (κ2) is 5.96. The van der Waals surface area contributed by atoms with Crippen LogP contribution >= 0.6 is 15.9 Å². The summed E-state index contributed by atoms with van der Waals surface area (Å²) in [6, 6.07) is 4.18. The van der Waals surface area contributed by atoms with Gasteiger partial charge in [-0.2, -0.15) is 0 Å². The molecule has 0 aromatic carbocycles. The number of aromatic nitrogens is 4. The largest absolute Gasteiger partial charge is 0.356 e. The zero-order valence-electron chi connectivity index (χ0n) is 12.3. The lowest BCUT2D eigenvalue weighted by Crippen LogP contribution is -2.31. The molecule has 2 fully saturated rings. The van der Waals surface area contributed by atoms with E-state index in [4.69, 9.17) is 0 Å². The molecule has 4 heterocycles. The number of anilines is 1. The second-order valence-corrected chi connectivity index (χ2v) is 7.10. The first-order valence-corrected chi connectivity index (χ1v) is 8.50. The minimum atomic E-state index is 0.765. The van der Waals surface area contributed by atoms with Crippen molar-refractivity contribution in [2.75, 3.05) is 37.6 Å². The van der Waals surface area contributed by atoms with E-state index in [-0.39, 0.29) is 0 Å². The smallest absolute Gasteiger partial charge is 0.128 e. The van der Waals surface area contributed by atoms with Crippen molar-refractivity contribution >= 4 is 21.7 Å². The average Bonchev–Trinajstić information content (AvgIpc) is 3.21. The van der Waals surface area contributed by atoms with Crippen LogP contribution in [0.25, 0.3) is 0 Å². The van der Waals surface area contributed by atoms with E-state index in [0.29, 0.717) is 0 Å². The summed E-state index contributed by atoms with van der Waals surface area (Å²) in [7, 11) is 0. The molecular formula is C15H19BrN6. The molecule has 2 aliphatic rings. The quantitative estimate of drug-likeness (QED) is 0.824. The molecule has 2 aliphatic heterocycles. The summed E-state index contributed by atoms with van der Waals surface area (Å²) in [5.41, 5.74) is 0. The van der Waals surface area contributed by atoms with Gasteiger partial charge in [-0.15, -0.1) is 5.10 Å². The first-order chi connectivity index (χ1) is 10.8. The monoisotopic (exact) mass is 362 g/mol. The Hall–Kier alpha value is -1.47. The summed E-state index contributed by atoms with van der Waals surface area (Å²) < 4.78 is 2.95. The van der Waals surface area contributed by atoms with E-state index in [1.807, 2.05) is 17.1 Å². The van der Waals surface area contributed by atoms with Crippen LogP contribution in [0.1, 0.15) is 0 Å². The van der Waals surface area contributed by atoms with Crippen LogP contribution in [0, 0.1) is 11.8 Å². The van der Waals surface area contributed by atoms with E-state index >= 15 is 0 Å². The number of pyridine rings is 1. The summed E-state index contributed by atoms with van der Waals surface area (Å²) in [6.07, 6.45) is 5.55. The Morgan fingerprint density at radius 2 is 1.91 bits per heavy atom. The zero-order chi connectivity index (χ0) is 14.9. The maximum atomic E-state index is 4.52. The summed E-state index contributed by atoms with van der Waals surface area (Å²) in [5.74, 6) is 2.63. The third-order valence-corrected chi connectivity index (χ3v) is 5.18. The van der Waals surface area contributed by atoms with Gasteiger partial charge in [0.05, 0.1) is 12.7 Å². The van der Waals surface area contributed by atoms with E-state index in [2.05, 4.69) is 53.2 Å². The maximum Gasteiger partial charge on any atom is 0.128 e. The Bertz CT molecular complexity index is 599. The van der Waals surface area contributed by atoms with Crippen LogP contribution < -0.4 is 4.90 Å². The van der Waals surface area contributed by atoms with Crippen molar-refractivity contribution in [1.82, 2.24) is 24.9 Å². The fourth-order valence-corrected chi connectivity index (χ4v) is 3.85. The Labute approximate surface area is 138 Å². The molecule has 0 aliphatic carbocycles. The predicted molar refractivity (Wildman–Crippen MR) is 87.6 cm³/mol. The number of nitrogens with zero attached hydrogens (tertiary/aromatic N) is 6. The van der Waals surface area contributed by atoms with Crippen LogP contribution in [-0.2, 0) is 6.54 Å². The molecule has 0 amide bonds. The molecule has 2 aromatic rings. The Morgan fingerprint density at radius 3 is 2.55 bits per heavy atom. The second-order valence-electron chi connectivity index (χ2n) is 6.19. The molecule has 7 heteroatoms. The van der Waals surface area contributed by atoms with Gasteiger partial charge < -0.3 is 9.80 Å². The lowest BCUT2D eigenvalue weighted by molar-refractivity contribution is 0.295. The molecule has 6 nitrogen and oxygen atoms in total. The maximum absolute atomic E-state index is 4.52. The number of fused-ring (bicyclic) bond motifs is 1. The zero-order valence-corrected chi connectivity index (χ0v) is 13.9. The molecule has 2 atom stereocenters. The van der Waals surface area contributed by atoms with Gasteiger partial charge in [0.15, 0.2) is 0 Å². The van der Waals surface area contributed by atoms with Gasteiger partial charge in [-0.3, -0.25) is 4.68 Å². The number of halogens is 1. The molecule has 0 spiro atoms. The van der Waals surface area contributed by atoms with Crippen LogP contribution in [0.2, 0.25) is 0 Å². The fourth-order valence-electron chi connectivity index (χ4n) is 3.61. The van der Waals surface area contributed by atoms with Crippen LogP contribution in [0.5, 0.6) is 0 Å². The van der Waals surface area contributed by atoms with E-state index < -0.39 is 0 Å². The molecule has 0 radical (unpaired) electrons. The Morgan fingerprint density at radius 1 is 1.09 bits per heavy atom. The molecule has 116 valence electrons. The standard InChI is InChI=1S/C15H19BrN6/c16-14-1-2-15(17-7-14)21-10-12-8-20(9-13(12)11-21)5-6-22-4-3-18-19-22/h1-4,7,12-13H,5-6,8-11H2. The first kappa shape index (κ1) is 14.1. The van der Waals surface area contributed by atoms with Crippen LogP contribution in [0.15, 0.2) is 35.2 Å². The lowest BCUT2D eigenvalue weighted by Gasteiger charge is -2.22. The Balaban J connectivity index is 1.31. The third kappa shape index (κ3) is 2.87. The van der Waals surface area contributed by atoms with Crippen LogP contribution in [0.4, 0.5) is 5.82 Å². The first-order valence-electron chi connectivity index (χ1n) is 7.71. The van der Waals surface area contributed by atoms with Gasteiger partial charge in [-0.05, 0) is 39.9 Å². The van der Waals surface area contributed by atoms with Gasteiger partial charge in [-0.1, -0.05) is 5.21 Å². The van der Waals surface area contributed by atoms with Gasteiger partial charge in [0, 0.05) is 49.6 Å². The number of rotatable bonds is 4. The fraction of sp³-hybridized carbons (Fsp3) is 0.533. The normalized spacial score (nSPS) is 24.9. The molecule has 4 rings (SSSR count). The number of hydrogen-bond acceptors (Lipinski definition) is 5. The van der Waals surface area contributed by atoms with Crippen molar-refractivity contribution < 1.29 is 0 Å². The molecule has 0 saturated carbocycles. The molecule has 2 saturated heterocycles. The van der Waals surface area contributed by atoms with Crippen LogP contribution in [0.3, 0.4) is 0 Å². The average molecular weight is 363 g/mol. The topological polar surface area (TPSA) is 50.1 Å². The molecule has 0 N–H and O–H groups in total. The molecule has 0 bridgehead atoms. The highest BCUT2D eigenvalue weighted by Crippen LogP contribution is 2.33. The summed E-state index contributed by atoms with van der Waals surface area (Å²) >= 11 is 3.44. The third-order valence-electron chi connectivity index (χ3n) is 4.71. The minimum Gasteiger partial charge on any atom is -0.356 e. The van der Waals surface area contributed by atoms with Crippen molar-refractivity contribution in [2.45, 2.75) is 6.54 Å². The van der Waals surface area contributed by atoms with Crippen molar-refractivity contribution in [1.29, 1.82) is 0 Å². The molecule has 22 heavy (non-hydrogen) atoms.